The summed E-state index contributed by atoms with van der Waals surface area (Å²) < 4.78 is 4.93. The minimum absolute atomic E-state index is 0. The number of hydrogen-bond donors (Lipinski definition) is 2. The summed E-state index contributed by atoms with van der Waals surface area (Å²) in [7, 11) is 1.68. The summed E-state index contributed by atoms with van der Waals surface area (Å²) in [4.78, 5) is 11.6. The normalized spacial score (nSPS) is 9.61. The van der Waals surface area contributed by atoms with E-state index >= 15 is 0 Å². The number of nitrogens with one attached hydrogen (secondary N) is 1. The molecule has 3 N–H and O–H groups in total. The molecule has 5 heteroatoms. The van der Waals surface area contributed by atoms with Crippen LogP contribution < -0.4 is 11.1 Å². The number of halogens is 1. The smallest absolute Gasteiger partial charge is 0.224 e. The maximum absolute atomic E-state index is 11.6. The standard InChI is InChI=1S/C13H20N2O2.ClH/c1-17-9-3-2-8-15-13(16)10-11-4-6-12(14)7-5-11;/h4-7H,2-3,8-10,14H2,1H3,(H,15,16);1H. The first kappa shape index (κ1) is 16.7. The number of benzene rings is 1. The summed E-state index contributed by atoms with van der Waals surface area (Å²) >= 11 is 0. The van der Waals surface area contributed by atoms with Gasteiger partial charge in [-0.25, -0.2) is 0 Å². The van der Waals surface area contributed by atoms with Gasteiger partial charge in [-0.2, -0.15) is 0 Å². The Labute approximate surface area is 114 Å². The Kier molecular flexibility index (Phi) is 9.06. The summed E-state index contributed by atoms with van der Waals surface area (Å²) in [6, 6.07) is 7.36. The fraction of sp³-hybridized carbons (Fsp3) is 0.462. The van der Waals surface area contributed by atoms with E-state index in [1.807, 2.05) is 12.1 Å². The van der Waals surface area contributed by atoms with E-state index in [-0.39, 0.29) is 18.3 Å². The Morgan fingerprint density at radius 3 is 2.56 bits per heavy atom. The zero-order valence-corrected chi connectivity index (χ0v) is 11.5. The number of rotatable bonds is 7. The van der Waals surface area contributed by atoms with Crippen LogP contribution in [0.2, 0.25) is 0 Å². The minimum Gasteiger partial charge on any atom is -0.399 e. The highest BCUT2D eigenvalue weighted by Gasteiger charge is 2.02. The van der Waals surface area contributed by atoms with E-state index in [9.17, 15) is 4.79 Å². The molecular formula is C13H21ClN2O2. The van der Waals surface area contributed by atoms with Crippen molar-refractivity contribution in [1.29, 1.82) is 0 Å². The molecule has 0 radical (unpaired) electrons. The number of unbranched alkanes of at least 4 members (excludes halogenated alkanes) is 1. The van der Waals surface area contributed by atoms with Gasteiger partial charge in [0.25, 0.3) is 0 Å². The van der Waals surface area contributed by atoms with Crippen LogP contribution in [-0.4, -0.2) is 26.2 Å². The Morgan fingerprint density at radius 1 is 1.28 bits per heavy atom. The monoisotopic (exact) mass is 272 g/mol. The molecule has 0 aliphatic carbocycles. The molecule has 0 saturated carbocycles. The van der Waals surface area contributed by atoms with E-state index in [0.29, 0.717) is 18.7 Å². The van der Waals surface area contributed by atoms with Gasteiger partial charge in [0.1, 0.15) is 0 Å². The molecule has 0 atom stereocenters. The molecular weight excluding hydrogens is 252 g/mol. The molecule has 0 aromatic heterocycles. The summed E-state index contributed by atoms with van der Waals surface area (Å²) in [5.41, 5.74) is 7.27. The zero-order valence-electron chi connectivity index (χ0n) is 10.6. The van der Waals surface area contributed by atoms with Crippen molar-refractivity contribution in [3.05, 3.63) is 29.8 Å². The van der Waals surface area contributed by atoms with E-state index < -0.39 is 0 Å². The van der Waals surface area contributed by atoms with Crippen LogP contribution >= 0.6 is 12.4 Å². The molecule has 0 aliphatic heterocycles. The van der Waals surface area contributed by atoms with Gasteiger partial charge in [-0.15, -0.1) is 12.4 Å². The van der Waals surface area contributed by atoms with Crippen molar-refractivity contribution >= 4 is 24.0 Å². The zero-order chi connectivity index (χ0) is 12.5. The van der Waals surface area contributed by atoms with Crippen molar-refractivity contribution in [3.8, 4) is 0 Å². The lowest BCUT2D eigenvalue weighted by Crippen LogP contribution is -2.26. The highest BCUT2D eigenvalue weighted by Crippen LogP contribution is 2.05. The molecule has 18 heavy (non-hydrogen) atoms. The third-order valence-corrected chi connectivity index (χ3v) is 2.44. The number of hydrogen-bond acceptors (Lipinski definition) is 3. The average Bonchev–Trinajstić information content (AvgIpc) is 2.32. The van der Waals surface area contributed by atoms with E-state index in [4.69, 9.17) is 10.5 Å². The van der Waals surface area contributed by atoms with Gasteiger partial charge in [0, 0.05) is 25.9 Å². The first-order chi connectivity index (χ1) is 8.22. The molecule has 1 amide bonds. The van der Waals surface area contributed by atoms with Gasteiger partial charge < -0.3 is 15.8 Å². The summed E-state index contributed by atoms with van der Waals surface area (Å²) in [5, 5.41) is 2.88. The lowest BCUT2D eigenvalue weighted by molar-refractivity contribution is -0.120. The summed E-state index contributed by atoms with van der Waals surface area (Å²) in [6.07, 6.45) is 2.32. The van der Waals surface area contributed by atoms with Crippen LogP contribution in [-0.2, 0) is 16.0 Å². The third kappa shape index (κ3) is 7.14. The third-order valence-electron chi connectivity index (χ3n) is 2.44. The molecule has 0 heterocycles. The fourth-order valence-corrected chi connectivity index (χ4v) is 1.48. The van der Waals surface area contributed by atoms with Crippen molar-refractivity contribution in [3.63, 3.8) is 0 Å². The molecule has 102 valence electrons. The number of nitrogens with two attached hydrogens (primary N) is 1. The van der Waals surface area contributed by atoms with Crippen molar-refractivity contribution in [2.24, 2.45) is 0 Å². The van der Waals surface area contributed by atoms with Crippen molar-refractivity contribution < 1.29 is 9.53 Å². The second-order valence-electron chi connectivity index (χ2n) is 3.97. The lowest BCUT2D eigenvalue weighted by Gasteiger charge is -2.05. The number of carbonyl (C=O) groups excluding carboxylic acids is 1. The Hall–Kier alpha value is -1.26. The van der Waals surface area contributed by atoms with Crippen LogP contribution in [0, 0.1) is 0 Å². The maximum atomic E-state index is 11.6. The van der Waals surface area contributed by atoms with Gasteiger partial charge in [-0.1, -0.05) is 12.1 Å². The first-order valence-corrected chi connectivity index (χ1v) is 5.82. The molecule has 4 nitrogen and oxygen atoms in total. The maximum Gasteiger partial charge on any atom is 0.224 e. The molecule has 0 spiro atoms. The van der Waals surface area contributed by atoms with Gasteiger partial charge >= 0.3 is 0 Å². The second-order valence-corrected chi connectivity index (χ2v) is 3.97. The Morgan fingerprint density at radius 2 is 1.94 bits per heavy atom. The van der Waals surface area contributed by atoms with Crippen molar-refractivity contribution in [2.45, 2.75) is 19.3 Å². The summed E-state index contributed by atoms with van der Waals surface area (Å²) in [5.74, 6) is 0.0483. The van der Waals surface area contributed by atoms with Crippen molar-refractivity contribution in [1.82, 2.24) is 5.32 Å². The molecule has 0 bridgehead atoms. The van der Waals surface area contributed by atoms with Crippen LogP contribution in [0.5, 0.6) is 0 Å². The first-order valence-electron chi connectivity index (χ1n) is 5.82. The van der Waals surface area contributed by atoms with Gasteiger partial charge in [-0.3, -0.25) is 4.79 Å². The molecule has 1 aromatic carbocycles. The molecule has 0 saturated heterocycles. The minimum atomic E-state index is 0. The Balaban J connectivity index is 0.00000289. The second kappa shape index (κ2) is 9.74. The molecule has 0 aliphatic rings. The number of methoxy groups -OCH3 is 1. The predicted octanol–water partition coefficient (Wildman–Crippen LogP) is 1.78. The van der Waals surface area contributed by atoms with Crippen LogP contribution in [0.4, 0.5) is 5.69 Å². The van der Waals surface area contributed by atoms with E-state index in [1.54, 1.807) is 19.2 Å². The van der Waals surface area contributed by atoms with Crippen LogP contribution in [0.15, 0.2) is 24.3 Å². The largest absolute Gasteiger partial charge is 0.399 e. The summed E-state index contributed by atoms with van der Waals surface area (Å²) in [6.45, 7) is 1.45. The fourth-order valence-electron chi connectivity index (χ4n) is 1.48. The molecule has 1 rings (SSSR count). The van der Waals surface area contributed by atoms with Crippen LogP contribution in [0.25, 0.3) is 0 Å². The van der Waals surface area contributed by atoms with Gasteiger partial charge in [-0.05, 0) is 30.5 Å². The number of nitrogen functional groups attached to an aromatic ring is 1. The molecule has 1 aromatic rings. The van der Waals surface area contributed by atoms with Crippen LogP contribution in [0.1, 0.15) is 18.4 Å². The Bertz CT molecular complexity index is 341. The number of carbonyl (C=O) groups is 1. The lowest BCUT2D eigenvalue weighted by atomic mass is 10.1. The number of anilines is 1. The van der Waals surface area contributed by atoms with Gasteiger partial charge in [0.2, 0.25) is 5.91 Å². The highest BCUT2D eigenvalue weighted by atomic mass is 35.5. The average molecular weight is 273 g/mol. The SMILES string of the molecule is COCCCCNC(=O)Cc1ccc(N)cc1.Cl. The van der Waals surface area contributed by atoms with Gasteiger partial charge in [0.15, 0.2) is 0 Å². The van der Waals surface area contributed by atoms with E-state index in [0.717, 1.165) is 25.0 Å². The molecule has 0 fully saturated rings. The van der Waals surface area contributed by atoms with E-state index in [2.05, 4.69) is 5.32 Å². The predicted molar refractivity (Wildman–Crippen MR) is 75.9 cm³/mol. The van der Waals surface area contributed by atoms with Gasteiger partial charge in [0.05, 0.1) is 6.42 Å². The van der Waals surface area contributed by atoms with Crippen LogP contribution in [0.3, 0.4) is 0 Å². The molecule has 0 unspecified atom stereocenters. The highest BCUT2D eigenvalue weighted by molar-refractivity contribution is 5.85. The topological polar surface area (TPSA) is 64.3 Å². The number of amides is 1. The van der Waals surface area contributed by atoms with Crippen molar-refractivity contribution in [2.75, 3.05) is 26.0 Å². The number of ether oxygens (including phenoxy) is 1. The quantitative estimate of drug-likeness (QED) is 0.587. The van der Waals surface area contributed by atoms with E-state index in [1.165, 1.54) is 0 Å².